The van der Waals surface area contributed by atoms with Crippen molar-refractivity contribution in [2.45, 2.75) is 73.9 Å². The van der Waals surface area contributed by atoms with E-state index < -0.39 is 80.7 Å². The third-order valence-electron chi connectivity index (χ3n) is 9.16. The summed E-state index contributed by atoms with van der Waals surface area (Å²) in [6, 6.07) is 9.99. The Bertz CT molecular complexity index is 1340. The van der Waals surface area contributed by atoms with Crippen molar-refractivity contribution in [3.05, 3.63) is 47.5 Å². The van der Waals surface area contributed by atoms with Gasteiger partial charge in [-0.15, -0.1) is 0 Å². The summed E-state index contributed by atoms with van der Waals surface area (Å²) in [6.07, 6.45) is -16.0. The molecule has 268 valence electrons. The Kier molecular flexibility index (Phi) is 12.0. The molecular formula is C32H44O16. The smallest absolute Gasteiger partial charge is 0.229 e. The van der Waals surface area contributed by atoms with Gasteiger partial charge < -0.3 is 79.1 Å². The molecule has 16 nitrogen and oxygen atoms in total. The van der Waals surface area contributed by atoms with Crippen molar-refractivity contribution < 1.29 is 79.1 Å². The minimum Gasteiger partial charge on any atom is -0.504 e. The molecule has 0 spiro atoms. The van der Waals surface area contributed by atoms with Gasteiger partial charge in [0.25, 0.3) is 0 Å². The topological polar surface area (TPSA) is 247 Å². The maximum atomic E-state index is 11.2. The third kappa shape index (κ3) is 7.35. The molecule has 13 atom stereocenters. The first-order chi connectivity index (χ1) is 23.0. The van der Waals surface area contributed by atoms with Crippen LogP contribution in [0.5, 0.6) is 23.0 Å². The second-order valence-corrected chi connectivity index (χ2v) is 12.1. The Morgan fingerprint density at radius 1 is 0.708 bits per heavy atom. The summed E-state index contributed by atoms with van der Waals surface area (Å²) in [6.45, 7) is -1.22. The number of methoxy groups -OCH3 is 2. The fourth-order valence-electron chi connectivity index (χ4n) is 6.40. The summed E-state index contributed by atoms with van der Waals surface area (Å²) >= 11 is 0. The van der Waals surface area contributed by atoms with Crippen LogP contribution in [-0.4, -0.2) is 148 Å². The maximum Gasteiger partial charge on any atom is 0.229 e. The summed E-state index contributed by atoms with van der Waals surface area (Å²) in [5.74, 6) is 0.370. The van der Waals surface area contributed by atoms with Gasteiger partial charge in [0.2, 0.25) is 6.29 Å². The van der Waals surface area contributed by atoms with Gasteiger partial charge in [0.05, 0.1) is 40.1 Å². The number of aliphatic hydroxyl groups is 8. The standard InChI is InChI=1S/C32H44O16/c1-42-20-8-14(3-5-18(20)36)7-16-13-44-29(17(16)10-33)15-4-6-19(21(9-15)43-2)45-32-28(41)30(25(38)23(12-35)47-32)48-31-27(40)26(39)24(37)22(11-34)46-31/h3-6,8-9,16-17,22-41H,7,10-13H2,1-2H3. The summed E-state index contributed by atoms with van der Waals surface area (Å²) in [5.41, 5.74) is 1.59. The summed E-state index contributed by atoms with van der Waals surface area (Å²) in [4.78, 5) is 0. The van der Waals surface area contributed by atoms with Crippen LogP contribution in [0.25, 0.3) is 0 Å². The molecule has 48 heavy (non-hydrogen) atoms. The minimum absolute atomic E-state index is 0.0287. The van der Waals surface area contributed by atoms with E-state index in [-0.39, 0.29) is 35.7 Å². The molecule has 0 saturated carbocycles. The van der Waals surface area contributed by atoms with Gasteiger partial charge in [0.15, 0.2) is 29.3 Å². The molecule has 0 radical (unpaired) electrons. The molecule has 0 amide bonds. The number of benzene rings is 2. The van der Waals surface area contributed by atoms with Gasteiger partial charge in [-0.1, -0.05) is 12.1 Å². The predicted octanol–water partition coefficient (Wildman–Crippen LogP) is -2.05. The Labute approximate surface area is 276 Å². The number of ether oxygens (including phenoxy) is 7. The van der Waals surface area contributed by atoms with Crippen LogP contribution in [0, 0.1) is 11.8 Å². The zero-order valence-electron chi connectivity index (χ0n) is 26.4. The van der Waals surface area contributed by atoms with Crippen molar-refractivity contribution in [1.82, 2.24) is 0 Å². The summed E-state index contributed by atoms with van der Waals surface area (Å²) < 4.78 is 39.5. The highest BCUT2D eigenvalue weighted by molar-refractivity contribution is 5.44. The molecule has 2 aromatic carbocycles. The highest BCUT2D eigenvalue weighted by Crippen LogP contribution is 2.43. The normalized spacial score (nSPS) is 36.9. The minimum atomic E-state index is -1.81. The number of phenolic OH excluding ortho intramolecular Hbond substituents is 1. The van der Waals surface area contributed by atoms with Gasteiger partial charge in [0, 0.05) is 12.5 Å². The lowest BCUT2D eigenvalue weighted by Crippen LogP contribution is -2.65. The number of aromatic hydroxyl groups is 1. The van der Waals surface area contributed by atoms with Crippen molar-refractivity contribution in [2.75, 3.05) is 40.6 Å². The van der Waals surface area contributed by atoms with Crippen molar-refractivity contribution in [3.63, 3.8) is 0 Å². The molecule has 3 fully saturated rings. The first-order valence-corrected chi connectivity index (χ1v) is 15.6. The fourth-order valence-corrected chi connectivity index (χ4v) is 6.40. The quantitative estimate of drug-likeness (QED) is 0.117. The van der Waals surface area contributed by atoms with Gasteiger partial charge in [-0.3, -0.25) is 0 Å². The largest absolute Gasteiger partial charge is 0.504 e. The lowest BCUT2D eigenvalue weighted by atomic mass is 9.84. The SMILES string of the molecule is COc1cc(CC2COC(c3ccc(OC4OC(CO)C(O)C(OC5OC(CO)C(O)C(O)C5O)C4O)c(OC)c3)C2CO)ccc1O. The van der Waals surface area contributed by atoms with E-state index in [4.69, 9.17) is 33.2 Å². The van der Waals surface area contributed by atoms with E-state index in [1.54, 1.807) is 36.4 Å². The molecule has 0 aromatic heterocycles. The molecule has 0 bridgehead atoms. The number of phenols is 1. The molecule has 3 saturated heterocycles. The molecule has 3 aliphatic heterocycles. The van der Waals surface area contributed by atoms with Crippen molar-refractivity contribution in [2.24, 2.45) is 11.8 Å². The van der Waals surface area contributed by atoms with Crippen LogP contribution in [0.4, 0.5) is 0 Å². The molecule has 16 heteroatoms. The monoisotopic (exact) mass is 684 g/mol. The zero-order valence-corrected chi connectivity index (χ0v) is 26.4. The van der Waals surface area contributed by atoms with E-state index in [1.807, 2.05) is 0 Å². The van der Waals surface area contributed by atoms with Gasteiger partial charge in [-0.25, -0.2) is 0 Å². The lowest BCUT2D eigenvalue weighted by Gasteiger charge is -2.45. The average molecular weight is 685 g/mol. The van der Waals surface area contributed by atoms with E-state index in [2.05, 4.69) is 0 Å². The maximum absolute atomic E-state index is 11.2. The van der Waals surface area contributed by atoms with Crippen LogP contribution >= 0.6 is 0 Å². The van der Waals surface area contributed by atoms with Crippen LogP contribution in [0.15, 0.2) is 36.4 Å². The summed E-state index contributed by atoms with van der Waals surface area (Å²) in [7, 11) is 2.87. The highest BCUT2D eigenvalue weighted by atomic mass is 16.7. The Morgan fingerprint density at radius 3 is 2.06 bits per heavy atom. The summed E-state index contributed by atoms with van der Waals surface area (Å²) in [5, 5.41) is 92.2. The van der Waals surface area contributed by atoms with Crippen molar-refractivity contribution in [3.8, 4) is 23.0 Å². The molecule has 3 aliphatic rings. The first kappa shape index (κ1) is 36.4. The van der Waals surface area contributed by atoms with Crippen molar-refractivity contribution in [1.29, 1.82) is 0 Å². The number of hydrogen-bond donors (Lipinski definition) is 9. The van der Waals surface area contributed by atoms with Crippen molar-refractivity contribution >= 4 is 0 Å². The second-order valence-electron chi connectivity index (χ2n) is 12.1. The number of aliphatic hydroxyl groups excluding tert-OH is 8. The third-order valence-corrected chi connectivity index (χ3v) is 9.16. The van der Waals surface area contributed by atoms with Gasteiger partial charge >= 0.3 is 0 Å². The van der Waals surface area contributed by atoms with E-state index in [0.717, 1.165) is 5.56 Å². The second kappa shape index (κ2) is 15.8. The molecule has 9 N–H and O–H groups in total. The van der Waals surface area contributed by atoms with Crippen LogP contribution in [0.2, 0.25) is 0 Å². The van der Waals surface area contributed by atoms with Gasteiger partial charge in [-0.2, -0.15) is 0 Å². The van der Waals surface area contributed by atoms with E-state index in [1.165, 1.54) is 14.2 Å². The Hall–Kier alpha value is -2.84. The molecular weight excluding hydrogens is 640 g/mol. The molecule has 0 aliphatic carbocycles. The van der Waals surface area contributed by atoms with Crippen LogP contribution < -0.4 is 14.2 Å². The molecule has 2 aromatic rings. The Balaban J connectivity index is 1.30. The van der Waals surface area contributed by atoms with E-state index in [9.17, 15) is 46.0 Å². The average Bonchev–Trinajstić information content (AvgIpc) is 3.50. The molecule has 13 unspecified atom stereocenters. The van der Waals surface area contributed by atoms with Crippen LogP contribution in [-0.2, 0) is 25.4 Å². The van der Waals surface area contributed by atoms with Gasteiger partial charge in [-0.05, 0) is 47.7 Å². The first-order valence-electron chi connectivity index (χ1n) is 15.6. The van der Waals surface area contributed by atoms with Crippen LogP contribution in [0.3, 0.4) is 0 Å². The van der Waals surface area contributed by atoms with Crippen LogP contribution in [0.1, 0.15) is 17.2 Å². The Morgan fingerprint density at radius 2 is 1.40 bits per heavy atom. The van der Waals surface area contributed by atoms with Gasteiger partial charge in [0.1, 0.15) is 48.8 Å². The zero-order chi connectivity index (χ0) is 34.7. The fraction of sp³-hybridized carbons (Fsp3) is 0.625. The molecule has 5 rings (SSSR count). The predicted molar refractivity (Wildman–Crippen MR) is 161 cm³/mol. The van der Waals surface area contributed by atoms with E-state index >= 15 is 0 Å². The van der Waals surface area contributed by atoms with E-state index in [0.29, 0.717) is 24.3 Å². The molecule has 3 heterocycles. The highest BCUT2D eigenvalue weighted by Gasteiger charge is 2.51. The number of rotatable bonds is 12. The lowest BCUT2D eigenvalue weighted by molar-refractivity contribution is -0.352. The number of hydrogen-bond acceptors (Lipinski definition) is 16.